The van der Waals surface area contributed by atoms with Crippen LogP contribution in [0, 0.1) is 12.3 Å². The highest BCUT2D eigenvalue weighted by Gasteiger charge is 2.33. The third-order valence-corrected chi connectivity index (χ3v) is 5.74. The Balaban J connectivity index is 2.20. The standard InChI is InChI=1S/C24H26Cl2N4O3/c1-13-19(23(32)28-21(22(27)31)24(2,3)4)29-30(17-11-10-16(26)12-18(17)33-5)20(13)14-6-8-15(25)9-7-14/h6-12,21H,1-5H3,(H2,27,31)(H,28,32). The Labute approximate surface area is 202 Å². The van der Waals surface area contributed by atoms with Crippen LogP contribution in [-0.2, 0) is 4.79 Å². The average molecular weight is 489 g/mol. The highest BCUT2D eigenvalue weighted by atomic mass is 35.5. The summed E-state index contributed by atoms with van der Waals surface area (Å²) < 4.78 is 7.14. The number of hydrogen-bond acceptors (Lipinski definition) is 4. The van der Waals surface area contributed by atoms with Crippen molar-refractivity contribution in [2.45, 2.75) is 33.7 Å². The zero-order valence-corrected chi connectivity index (χ0v) is 20.6. The Bertz CT molecular complexity index is 1200. The number of carbonyl (C=O) groups excluding carboxylic acids is 2. The zero-order chi connectivity index (χ0) is 24.5. The number of aromatic nitrogens is 2. The van der Waals surface area contributed by atoms with E-state index in [0.29, 0.717) is 32.7 Å². The molecule has 0 spiro atoms. The number of primary amides is 1. The second kappa shape index (κ2) is 9.45. The van der Waals surface area contributed by atoms with E-state index in [4.69, 9.17) is 33.7 Å². The predicted molar refractivity (Wildman–Crippen MR) is 130 cm³/mol. The Morgan fingerprint density at radius 2 is 1.70 bits per heavy atom. The zero-order valence-electron chi connectivity index (χ0n) is 19.1. The number of nitrogens with one attached hydrogen (secondary N) is 1. The predicted octanol–water partition coefficient (Wildman–Crippen LogP) is 4.79. The van der Waals surface area contributed by atoms with Gasteiger partial charge in [-0.15, -0.1) is 0 Å². The van der Waals surface area contributed by atoms with E-state index < -0.39 is 23.3 Å². The quantitative estimate of drug-likeness (QED) is 0.520. The average Bonchev–Trinajstić information content (AvgIpc) is 3.08. The third-order valence-electron chi connectivity index (χ3n) is 5.25. The van der Waals surface area contributed by atoms with Gasteiger partial charge in [0.15, 0.2) is 5.69 Å². The van der Waals surface area contributed by atoms with Gasteiger partial charge in [-0.2, -0.15) is 5.10 Å². The van der Waals surface area contributed by atoms with Gasteiger partial charge >= 0.3 is 0 Å². The number of halogens is 2. The first-order chi connectivity index (χ1) is 15.4. The van der Waals surface area contributed by atoms with Crippen LogP contribution in [0.4, 0.5) is 0 Å². The summed E-state index contributed by atoms with van der Waals surface area (Å²) in [7, 11) is 1.53. The fourth-order valence-corrected chi connectivity index (χ4v) is 3.86. The number of benzene rings is 2. The van der Waals surface area contributed by atoms with Gasteiger partial charge in [0, 0.05) is 27.2 Å². The summed E-state index contributed by atoms with van der Waals surface area (Å²) in [6, 6.07) is 11.5. The molecule has 0 bridgehead atoms. The van der Waals surface area contributed by atoms with E-state index >= 15 is 0 Å². The number of hydrogen-bond donors (Lipinski definition) is 2. The number of methoxy groups -OCH3 is 1. The van der Waals surface area contributed by atoms with Gasteiger partial charge in [-0.3, -0.25) is 9.59 Å². The molecule has 2 aromatic carbocycles. The topological polar surface area (TPSA) is 99.2 Å². The van der Waals surface area contributed by atoms with Crippen molar-refractivity contribution in [1.29, 1.82) is 0 Å². The van der Waals surface area contributed by atoms with Crippen LogP contribution in [0.15, 0.2) is 42.5 Å². The molecule has 0 fully saturated rings. The van der Waals surface area contributed by atoms with Gasteiger partial charge < -0.3 is 15.8 Å². The summed E-state index contributed by atoms with van der Waals surface area (Å²) in [4.78, 5) is 25.3. The molecule has 3 N–H and O–H groups in total. The van der Waals surface area contributed by atoms with Crippen molar-refractivity contribution in [3.05, 3.63) is 63.8 Å². The Kier molecular flexibility index (Phi) is 7.05. The molecule has 9 heteroatoms. The second-order valence-electron chi connectivity index (χ2n) is 8.73. The maximum Gasteiger partial charge on any atom is 0.272 e. The monoisotopic (exact) mass is 488 g/mol. The van der Waals surface area contributed by atoms with Crippen LogP contribution in [0.3, 0.4) is 0 Å². The smallest absolute Gasteiger partial charge is 0.272 e. The number of rotatable bonds is 6. The van der Waals surface area contributed by atoms with Crippen LogP contribution >= 0.6 is 23.2 Å². The van der Waals surface area contributed by atoms with Gasteiger partial charge in [-0.1, -0.05) is 56.1 Å². The SMILES string of the molecule is COc1cc(Cl)ccc1-n1nc(C(=O)NC(C(N)=O)C(C)(C)C)c(C)c1-c1ccc(Cl)cc1. The lowest BCUT2D eigenvalue weighted by Crippen LogP contribution is -2.52. The van der Waals surface area contributed by atoms with Crippen LogP contribution < -0.4 is 15.8 Å². The minimum atomic E-state index is -0.876. The minimum Gasteiger partial charge on any atom is -0.494 e. The first-order valence-corrected chi connectivity index (χ1v) is 11.0. The molecule has 0 aliphatic heterocycles. The molecule has 0 aliphatic carbocycles. The third kappa shape index (κ3) is 5.15. The fourth-order valence-electron chi connectivity index (χ4n) is 3.57. The van der Waals surface area contributed by atoms with Crippen LogP contribution in [0.1, 0.15) is 36.8 Å². The molecule has 33 heavy (non-hydrogen) atoms. The normalized spacial score (nSPS) is 12.3. The van der Waals surface area contributed by atoms with Crippen molar-refractivity contribution in [3.63, 3.8) is 0 Å². The molecule has 1 unspecified atom stereocenters. The Morgan fingerprint density at radius 1 is 1.09 bits per heavy atom. The lowest BCUT2D eigenvalue weighted by atomic mass is 9.86. The highest BCUT2D eigenvalue weighted by molar-refractivity contribution is 6.31. The number of nitrogens with two attached hydrogens (primary N) is 1. The maximum atomic E-state index is 13.2. The number of carbonyl (C=O) groups is 2. The Hall–Kier alpha value is -3.03. The molecule has 0 radical (unpaired) electrons. The number of ether oxygens (including phenoxy) is 1. The van der Waals surface area contributed by atoms with Gasteiger partial charge in [0.2, 0.25) is 5.91 Å². The molecule has 1 aromatic heterocycles. The summed E-state index contributed by atoms with van der Waals surface area (Å²) in [6.45, 7) is 7.27. The van der Waals surface area contributed by atoms with Crippen molar-refractivity contribution >= 4 is 35.0 Å². The minimum absolute atomic E-state index is 0.160. The van der Waals surface area contributed by atoms with Crippen molar-refractivity contribution in [2.24, 2.45) is 11.1 Å². The van der Waals surface area contributed by atoms with E-state index in [0.717, 1.165) is 5.56 Å². The largest absolute Gasteiger partial charge is 0.494 e. The molecule has 3 rings (SSSR count). The molecule has 7 nitrogen and oxygen atoms in total. The molecule has 174 valence electrons. The molecule has 3 aromatic rings. The molecule has 1 atom stereocenters. The lowest BCUT2D eigenvalue weighted by molar-refractivity contribution is -0.122. The molecular formula is C24H26Cl2N4O3. The molecule has 2 amide bonds. The fraction of sp³-hybridized carbons (Fsp3) is 0.292. The van der Waals surface area contributed by atoms with E-state index in [2.05, 4.69) is 10.4 Å². The van der Waals surface area contributed by atoms with Gasteiger partial charge in [-0.25, -0.2) is 4.68 Å². The molecule has 0 aliphatic rings. The van der Waals surface area contributed by atoms with E-state index in [1.54, 1.807) is 41.9 Å². The molecular weight excluding hydrogens is 463 g/mol. The van der Waals surface area contributed by atoms with Crippen LogP contribution in [-0.4, -0.2) is 34.7 Å². The maximum absolute atomic E-state index is 13.2. The number of nitrogens with zero attached hydrogens (tertiary/aromatic N) is 2. The Morgan fingerprint density at radius 3 is 2.24 bits per heavy atom. The van der Waals surface area contributed by atoms with Crippen molar-refractivity contribution < 1.29 is 14.3 Å². The lowest BCUT2D eigenvalue weighted by Gasteiger charge is -2.28. The molecule has 0 saturated carbocycles. The van der Waals surface area contributed by atoms with Crippen molar-refractivity contribution in [3.8, 4) is 22.7 Å². The summed E-state index contributed by atoms with van der Waals surface area (Å²) >= 11 is 12.2. The van der Waals surface area contributed by atoms with Gasteiger partial charge in [0.05, 0.1) is 12.8 Å². The summed E-state index contributed by atoms with van der Waals surface area (Å²) in [5, 5.41) is 8.43. The summed E-state index contributed by atoms with van der Waals surface area (Å²) in [5.41, 5.74) is 7.81. The van der Waals surface area contributed by atoms with Gasteiger partial charge in [-0.05, 0) is 36.6 Å². The molecule has 0 saturated heterocycles. The van der Waals surface area contributed by atoms with Crippen LogP contribution in [0.2, 0.25) is 10.0 Å². The van der Waals surface area contributed by atoms with Crippen LogP contribution in [0.25, 0.3) is 16.9 Å². The van der Waals surface area contributed by atoms with Crippen LogP contribution in [0.5, 0.6) is 5.75 Å². The van der Waals surface area contributed by atoms with Gasteiger partial charge in [0.25, 0.3) is 5.91 Å². The van der Waals surface area contributed by atoms with Gasteiger partial charge in [0.1, 0.15) is 17.5 Å². The molecule has 1 heterocycles. The van der Waals surface area contributed by atoms with E-state index in [1.165, 1.54) is 7.11 Å². The van der Waals surface area contributed by atoms with E-state index in [9.17, 15) is 9.59 Å². The summed E-state index contributed by atoms with van der Waals surface area (Å²) in [6.07, 6.45) is 0. The highest BCUT2D eigenvalue weighted by Crippen LogP contribution is 2.34. The van der Waals surface area contributed by atoms with Crippen molar-refractivity contribution in [2.75, 3.05) is 7.11 Å². The first-order valence-electron chi connectivity index (χ1n) is 10.2. The summed E-state index contributed by atoms with van der Waals surface area (Å²) in [5.74, 6) is -0.643. The van der Waals surface area contributed by atoms with Crippen molar-refractivity contribution in [1.82, 2.24) is 15.1 Å². The second-order valence-corrected chi connectivity index (χ2v) is 9.60. The van der Waals surface area contributed by atoms with E-state index in [-0.39, 0.29) is 5.69 Å². The first kappa shape index (κ1) is 24.6. The number of amides is 2. The van der Waals surface area contributed by atoms with E-state index in [1.807, 2.05) is 32.9 Å².